The molecular formula is C17H20O17. The van der Waals surface area contributed by atoms with Gasteiger partial charge in [-0.2, -0.15) is 0 Å². The molecule has 0 aliphatic rings. The van der Waals surface area contributed by atoms with Crippen LogP contribution in [0.2, 0.25) is 0 Å². The number of aliphatic hydroxyl groups is 1. The van der Waals surface area contributed by atoms with E-state index in [9.17, 15) is 43.5 Å². The lowest BCUT2D eigenvalue weighted by molar-refractivity contribution is -0.181. The van der Waals surface area contributed by atoms with Crippen LogP contribution in [-0.4, -0.2) is 113 Å². The smallest absolute Gasteiger partial charge is 0.417 e. The highest BCUT2D eigenvalue weighted by Crippen LogP contribution is 2.01. The van der Waals surface area contributed by atoms with Crippen LogP contribution in [0.1, 0.15) is 0 Å². The zero-order chi connectivity index (χ0) is 26.3. The summed E-state index contributed by atoms with van der Waals surface area (Å²) in [4.78, 5) is 90.1. The van der Waals surface area contributed by atoms with Gasteiger partial charge in [0.05, 0.1) is 21.3 Å². The first-order valence-corrected chi connectivity index (χ1v) is 8.77. The van der Waals surface area contributed by atoms with Crippen molar-refractivity contribution in [1.82, 2.24) is 0 Å². The molecule has 0 amide bonds. The van der Waals surface area contributed by atoms with Gasteiger partial charge < -0.3 is 43.0 Å². The van der Waals surface area contributed by atoms with Crippen LogP contribution in [0.4, 0.5) is 0 Å². The van der Waals surface area contributed by atoms with Crippen molar-refractivity contribution in [3.63, 3.8) is 0 Å². The monoisotopic (exact) mass is 496 g/mol. The van der Waals surface area contributed by atoms with E-state index in [1.54, 1.807) is 0 Å². The van der Waals surface area contributed by atoms with Gasteiger partial charge in [-0.1, -0.05) is 0 Å². The minimum Gasteiger partial charge on any atom is -0.461 e. The van der Waals surface area contributed by atoms with Crippen molar-refractivity contribution >= 4 is 47.8 Å². The van der Waals surface area contributed by atoms with Crippen LogP contribution in [0.5, 0.6) is 0 Å². The molecule has 0 radical (unpaired) electrons. The summed E-state index contributed by atoms with van der Waals surface area (Å²) in [6, 6.07) is 0. The van der Waals surface area contributed by atoms with E-state index in [0.29, 0.717) is 0 Å². The molecule has 0 aromatic rings. The molecule has 0 saturated heterocycles. The molecule has 17 heteroatoms. The van der Waals surface area contributed by atoms with Crippen molar-refractivity contribution in [1.29, 1.82) is 0 Å². The van der Waals surface area contributed by atoms with E-state index in [1.165, 1.54) is 0 Å². The van der Waals surface area contributed by atoms with Gasteiger partial charge in [-0.25, -0.2) is 38.4 Å². The highest BCUT2D eigenvalue weighted by Gasteiger charge is 2.28. The van der Waals surface area contributed by atoms with Gasteiger partial charge in [-0.05, 0) is 0 Å². The standard InChI is InChI=1S/C17H20O17/c1-27-10(19)13(22)30-4-8(18)5-31-15(24)16(25)33-7-9(34-17(26)12(21)29-3)6-32-14(23)11(20)28-2/h8-9,18H,4-7H2,1-3H3. The topological polar surface area (TPSA) is 231 Å². The second kappa shape index (κ2) is 15.5. The molecule has 0 aliphatic heterocycles. The van der Waals surface area contributed by atoms with Crippen molar-refractivity contribution in [2.24, 2.45) is 0 Å². The predicted molar refractivity (Wildman–Crippen MR) is 95.8 cm³/mol. The second-order valence-corrected chi connectivity index (χ2v) is 5.55. The van der Waals surface area contributed by atoms with Crippen molar-refractivity contribution in [3.8, 4) is 0 Å². The van der Waals surface area contributed by atoms with Gasteiger partial charge in [0.15, 0.2) is 6.10 Å². The van der Waals surface area contributed by atoms with Crippen molar-refractivity contribution < 1.29 is 81.4 Å². The SMILES string of the molecule is COC(=O)C(=O)OCC(O)COC(=O)C(=O)OCC(COC(=O)C(=O)OC)OC(=O)C(=O)OC. The fourth-order valence-corrected chi connectivity index (χ4v) is 1.53. The van der Waals surface area contributed by atoms with Gasteiger partial charge in [-0.3, -0.25) is 0 Å². The van der Waals surface area contributed by atoms with E-state index in [4.69, 9.17) is 0 Å². The molecule has 0 aromatic carbocycles. The van der Waals surface area contributed by atoms with Crippen LogP contribution in [0.15, 0.2) is 0 Å². The van der Waals surface area contributed by atoms with Crippen LogP contribution in [0, 0.1) is 0 Å². The summed E-state index contributed by atoms with van der Waals surface area (Å²) in [5.74, 6) is -12.0. The number of hydrogen-bond donors (Lipinski definition) is 1. The fourth-order valence-electron chi connectivity index (χ4n) is 1.53. The van der Waals surface area contributed by atoms with Crippen LogP contribution in [0.3, 0.4) is 0 Å². The van der Waals surface area contributed by atoms with E-state index < -0.39 is 86.4 Å². The quantitative estimate of drug-likeness (QED) is 0.182. The van der Waals surface area contributed by atoms with Gasteiger partial charge in [-0.15, -0.1) is 0 Å². The second-order valence-electron chi connectivity index (χ2n) is 5.55. The van der Waals surface area contributed by atoms with Gasteiger partial charge >= 0.3 is 47.8 Å². The summed E-state index contributed by atoms with van der Waals surface area (Å²) in [7, 11) is 2.65. The summed E-state index contributed by atoms with van der Waals surface area (Å²) >= 11 is 0. The molecule has 0 rings (SSSR count). The summed E-state index contributed by atoms with van der Waals surface area (Å²) in [6.45, 7) is -3.50. The number of carbonyl (C=O) groups is 8. The first kappa shape index (κ1) is 29.7. The van der Waals surface area contributed by atoms with Crippen LogP contribution >= 0.6 is 0 Å². The van der Waals surface area contributed by atoms with E-state index >= 15 is 0 Å². The Morgan fingerprint density at radius 2 is 0.794 bits per heavy atom. The number of aliphatic hydroxyl groups excluding tert-OH is 1. The molecule has 0 aromatic heterocycles. The third kappa shape index (κ3) is 11.4. The summed E-state index contributed by atoms with van der Waals surface area (Å²) in [5, 5.41) is 9.52. The largest absolute Gasteiger partial charge is 0.461 e. The van der Waals surface area contributed by atoms with Crippen molar-refractivity contribution in [2.45, 2.75) is 12.2 Å². The Hall–Kier alpha value is -4.28. The van der Waals surface area contributed by atoms with Crippen molar-refractivity contribution in [2.75, 3.05) is 47.8 Å². The minimum atomic E-state index is -1.67. The molecule has 0 saturated carbocycles. The van der Waals surface area contributed by atoms with E-state index in [2.05, 4.69) is 37.9 Å². The minimum absolute atomic E-state index is 0.784. The van der Waals surface area contributed by atoms with Crippen LogP contribution in [-0.2, 0) is 76.3 Å². The first-order valence-electron chi connectivity index (χ1n) is 8.77. The van der Waals surface area contributed by atoms with Crippen LogP contribution in [0.25, 0.3) is 0 Å². The number of carbonyl (C=O) groups excluding carboxylic acids is 8. The summed E-state index contributed by atoms with van der Waals surface area (Å²) < 4.78 is 34.5. The molecule has 1 N–H and O–H groups in total. The first-order chi connectivity index (χ1) is 16.0. The number of methoxy groups -OCH3 is 3. The fraction of sp³-hybridized carbons (Fsp3) is 0.529. The van der Waals surface area contributed by atoms with Crippen molar-refractivity contribution in [3.05, 3.63) is 0 Å². The van der Waals surface area contributed by atoms with Gasteiger partial charge in [0.2, 0.25) is 0 Å². The summed E-state index contributed by atoms with van der Waals surface area (Å²) in [5.41, 5.74) is 0. The molecule has 0 fully saturated rings. The third-order valence-corrected chi connectivity index (χ3v) is 3.11. The maximum Gasteiger partial charge on any atom is 0.417 e. The highest BCUT2D eigenvalue weighted by atomic mass is 16.7. The zero-order valence-corrected chi connectivity index (χ0v) is 18.0. The molecule has 34 heavy (non-hydrogen) atoms. The Morgan fingerprint density at radius 1 is 0.500 bits per heavy atom. The Balaban J connectivity index is 4.72. The highest BCUT2D eigenvalue weighted by molar-refractivity contribution is 6.31. The third-order valence-electron chi connectivity index (χ3n) is 3.11. The normalized spacial score (nSPS) is 11.5. The number of hydrogen-bond acceptors (Lipinski definition) is 17. The molecule has 190 valence electrons. The molecule has 0 heterocycles. The maximum atomic E-state index is 11.7. The Morgan fingerprint density at radius 3 is 1.15 bits per heavy atom. The Bertz CT molecular complexity index is 800. The molecule has 2 atom stereocenters. The molecule has 0 bridgehead atoms. The summed E-state index contributed by atoms with van der Waals surface area (Å²) in [6.07, 6.45) is -3.29. The maximum absolute atomic E-state index is 11.7. The Kier molecular flexibility index (Phi) is 13.6. The van der Waals surface area contributed by atoms with Gasteiger partial charge in [0.1, 0.15) is 32.5 Å². The average Bonchev–Trinajstić information content (AvgIpc) is 2.84. The number of rotatable bonds is 9. The van der Waals surface area contributed by atoms with E-state index in [0.717, 1.165) is 21.3 Å². The lowest BCUT2D eigenvalue weighted by atomic mass is 10.4. The van der Waals surface area contributed by atoms with Gasteiger partial charge in [0.25, 0.3) is 0 Å². The average molecular weight is 496 g/mol. The number of esters is 8. The molecule has 0 spiro atoms. The van der Waals surface area contributed by atoms with Gasteiger partial charge in [0, 0.05) is 0 Å². The molecule has 0 aliphatic carbocycles. The number of ether oxygens (including phenoxy) is 8. The lowest BCUT2D eigenvalue weighted by Gasteiger charge is -2.17. The zero-order valence-electron chi connectivity index (χ0n) is 18.0. The van der Waals surface area contributed by atoms with Crippen LogP contribution < -0.4 is 0 Å². The molecule has 2 unspecified atom stereocenters. The Labute approximate surface area is 190 Å². The molecule has 17 nitrogen and oxygen atoms in total. The molecular weight excluding hydrogens is 476 g/mol. The lowest BCUT2D eigenvalue weighted by Crippen LogP contribution is -2.36. The predicted octanol–water partition coefficient (Wildman–Crippen LogP) is -4.05. The van der Waals surface area contributed by atoms with E-state index in [-0.39, 0.29) is 0 Å². The van der Waals surface area contributed by atoms with E-state index in [1.807, 2.05) is 0 Å².